The van der Waals surface area contributed by atoms with Crippen molar-refractivity contribution in [2.75, 3.05) is 19.8 Å². The van der Waals surface area contributed by atoms with E-state index in [4.69, 9.17) is 21.7 Å². The number of unbranched alkanes of at least 4 members (excludes halogenated alkanes) is 11. The molecular weight excluding hydrogens is 347 g/mol. The van der Waals surface area contributed by atoms with Crippen molar-refractivity contribution in [1.82, 2.24) is 0 Å². The molecule has 0 radical (unpaired) electrons. The zero-order valence-corrected chi connectivity index (χ0v) is 18.5. The number of aliphatic hydroxyl groups is 3. The highest BCUT2D eigenvalue weighted by molar-refractivity contribution is 6.92. The Morgan fingerprint density at radius 1 is 0.846 bits per heavy atom. The van der Waals surface area contributed by atoms with Crippen molar-refractivity contribution in [3.63, 3.8) is 0 Å². The van der Waals surface area contributed by atoms with E-state index in [-0.39, 0.29) is 23.1 Å². The number of nitrogens with two attached hydrogens (primary N) is 2. The van der Waals surface area contributed by atoms with Crippen LogP contribution >= 0.6 is 9.90 Å². The van der Waals surface area contributed by atoms with Crippen LogP contribution in [0, 0.1) is 0 Å². The maximum Gasteiger partial charge on any atom is 0.0894 e. The summed E-state index contributed by atoms with van der Waals surface area (Å²) in [6.07, 6.45) is 18.8. The second-order valence-corrected chi connectivity index (χ2v) is 6.60. The average molecular weight is 395 g/mol. The van der Waals surface area contributed by atoms with Gasteiger partial charge in [0.1, 0.15) is 0 Å². The average Bonchev–Trinajstić information content (AvgIpc) is 2.64. The summed E-state index contributed by atoms with van der Waals surface area (Å²) in [5, 5.41) is 26.1. The van der Waals surface area contributed by atoms with Crippen LogP contribution < -0.4 is 11.5 Å². The van der Waals surface area contributed by atoms with Crippen LogP contribution in [0.5, 0.6) is 0 Å². The van der Waals surface area contributed by atoms with Crippen molar-refractivity contribution in [2.24, 2.45) is 11.5 Å². The molecule has 0 saturated heterocycles. The first-order valence-corrected chi connectivity index (χ1v) is 10.2. The van der Waals surface area contributed by atoms with Gasteiger partial charge in [-0.15, -0.1) is 0 Å². The van der Waals surface area contributed by atoms with Crippen LogP contribution in [-0.4, -0.2) is 47.2 Å². The molecule has 0 aliphatic heterocycles. The molecule has 5 nitrogen and oxygen atoms in total. The minimum Gasteiger partial charge on any atom is -0.395 e. The van der Waals surface area contributed by atoms with E-state index in [0.717, 1.165) is 6.42 Å². The van der Waals surface area contributed by atoms with Gasteiger partial charge in [-0.2, -0.15) is 9.90 Å². The molecule has 0 rings (SSSR count). The number of allylic oxidation sites excluding steroid dienone is 1. The molecule has 0 amide bonds. The molecule has 0 bridgehead atoms. The lowest BCUT2D eigenvalue weighted by Crippen LogP contribution is -2.36. The highest BCUT2D eigenvalue weighted by atomic mass is 31.0. The highest BCUT2D eigenvalue weighted by Gasteiger charge is 2.08. The molecule has 0 aromatic heterocycles. The SMILES string of the molecule is CCCCCCCCCCCCC/C=C/C(O)C(N)CO.NCCO.P. The number of rotatable bonds is 16. The van der Waals surface area contributed by atoms with Crippen molar-refractivity contribution in [3.05, 3.63) is 12.2 Å². The molecule has 0 aromatic carbocycles. The quantitative estimate of drug-likeness (QED) is 0.157. The molecule has 0 fully saturated rings. The molecule has 0 aromatic rings. The predicted octanol–water partition coefficient (Wildman–Crippen LogP) is 2.92. The standard InChI is InChI=1S/C18H37NO2.C2H7NO.H3P/c1-2-3-4-5-6-7-8-9-10-11-12-13-14-15-18(21)17(19)16-20;3-1-2-4;/h14-15,17-18,20-21H,2-13,16,19H2,1H3;4H,1-3H2;1H3/b15-14+;;. The van der Waals surface area contributed by atoms with Crippen LogP contribution in [-0.2, 0) is 0 Å². The number of hydrogen-bond acceptors (Lipinski definition) is 5. The minimum atomic E-state index is -0.720. The second kappa shape index (κ2) is 27.2. The van der Waals surface area contributed by atoms with Gasteiger partial charge in [0.15, 0.2) is 0 Å². The number of aliphatic hydroxyl groups excluding tert-OH is 3. The maximum absolute atomic E-state index is 9.52. The van der Waals surface area contributed by atoms with E-state index in [1.54, 1.807) is 6.08 Å². The molecule has 3 atom stereocenters. The van der Waals surface area contributed by atoms with Gasteiger partial charge in [0.2, 0.25) is 0 Å². The Morgan fingerprint density at radius 2 is 1.27 bits per heavy atom. The fourth-order valence-corrected chi connectivity index (χ4v) is 2.41. The monoisotopic (exact) mass is 394 g/mol. The van der Waals surface area contributed by atoms with E-state index in [1.165, 1.54) is 70.6 Å². The van der Waals surface area contributed by atoms with E-state index in [0.29, 0.717) is 6.54 Å². The fraction of sp³-hybridized carbons (Fsp3) is 0.900. The van der Waals surface area contributed by atoms with Crippen LogP contribution in [0.2, 0.25) is 0 Å². The Hall–Kier alpha value is -0.0300. The Bertz CT molecular complexity index is 267. The lowest BCUT2D eigenvalue weighted by atomic mass is 10.0. The summed E-state index contributed by atoms with van der Waals surface area (Å²) in [6.45, 7) is 2.56. The van der Waals surface area contributed by atoms with E-state index in [9.17, 15) is 5.11 Å². The molecule has 0 saturated carbocycles. The van der Waals surface area contributed by atoms with Gasteiger partial charge in [-0.25, -0.2) is 0 Å². The van der Waals surface area contributed by atoms with Crippen molar-refractivity contribution in [1.29, 1.82) is 0 Å². The molecule has 6 heteroatoms. The summed E-state index contributed by atoms with van der Waals surface area (Å²) in [5.41, 5.74) is 10.3. The predicted molar refractivity (Wildman–Crippen MR) is 119 cm³/mol. The summed E-state index contributed by atoms with van der Waals surface area (Å²) in [5.74, 6) is 0. The van der Waals surface area contributed by atoms with Crippen molar-refractivity contribution >= 4 is 9.90 Å². The van der Waals surface area contributed by atoms with E-state index in [2.05, 4.69) is 6.92 Å². The van der Waals surface area contributed by atoms with Gasteiger partial charge in [0.25, 0.3) is 0 Å². The largest absolute Gasteiger partial charge is 0.395 e. The fourth-order valence-electron chi connectivity index (χ4n) is 2.41. The first-order chi connectivity index (χ1) is 12.1. The third-order valence-electron chi connectivity index (χ3n) is 4.09. The number of hydrogen-bond donors (Lipinski definition) is 5. The summed E-state index contributed by atoms with van der Waals surface area (Å²) in [4.78, 5) is 0. The molecule has 7 N–H and O–H groups in total. The maximum atomic E-state index is 9.52. The van der Waals surface area contributed by atoms with Gasteiger partial charge < -0.3 is 26.8 Å². The second-order valence-electron chi connectivity index (χ2n) is 6.60. The molecule has 3 unspecified atom stereocenters. The van der Waals surface area contributed by atoms with Gasteiger partial charge in [0.05, 0.1) is 25.4 Å². The molecular formula is C20H47N2O3P. The van der Waals surface area contributed by atoms with Gasteiger partial charge in [-0.05, 0) is 12.8 Å². The van der Waals surface area contributed by atoms with Gasteiger partial charge in [0, 0.05) is 6.54 Å². The first-order valence-electron chi connectivity index (χ1n) is 10.2. The minimum absolute atomic E-state index is 0. The van der Waals surface area contributed by atoms with Crippen molar-refractivity contribution < 1.29 is 15.3 Å². The zero-order chi connectivity index (χ0) is 19.2. The molecule has 26 heavy (non-hydrogen) atoms. The Kier molecular flexibility index (Phi) is 32.1. The Morgan fingerprint density at radius 3 is 1.65 bits per heavy atom. The molecule has 0 aliphatic carbocycles. The summed E-state index contributed by atoms with van der Waals surface area (Å²) in [6, 6.07) is -0.557. The third-order valence-corrected chi connectivity index (χ3v) is 4.09. The Labute approximate surface area is 165 Å². The smallest absolute Gasteiger partial charge is 0.0894 e. The Balaban J connectivity index is -0.000000951. The normalized spacial score (nSPS) is 13.0. The first kappa shape index (κ1) is 30.7. The van der Waals surface area contributed by atoms with E-state index in [1.807, 2.05) is 6.08 Å². The molecule has 0 heterocycles. The van der Waals surface area contributed by atoms with Gasteiger partial charge in [-0.1, -0.05) is 83.3 Å². The lowest BCUT2D eigenvalue weighted by molar-refractivity contribution is 0.144. The van der Waals surface area contributed by atoms with E-state index >= 15 is 0 Å². The molecule has 0 spiro atoms. The summed E-state index contributed by atoms with van der Waals surface area (Å²) in [7, 11) is 0. The lowest BCUT2D eigenvalue weighted by Gasteiger charge is -2.11. The van der Waals surface area contributed by atoms with Crippen molar-refractivity contribution in [3.8, 4) is 0 Å². The third kappa shape index (κ3) is 26.2. The zero-order valence-electron chi connectivity index (χ0n) is 17.1. The molecule has 160 valence electrons. The summed E-state index contributed by atoms with van der Waals surface area (Å²) < 4.78 is 0. The molecule has 0 aliphatic rings. The van der Waals surface area contributed by atoms with Crippen LogP contribution in [0.3, 0.4) is 0 Å². The van der Waals surface area contributed by atoms with Crippen LogP contribution in [0.15, 0.2) is 12.2 Å². The van der Waals surface area contributed by atoms with Crippen LogP contribution in [0.4, 0.5) is 0 Å². The van der Waals surface area contributed by atoms with Crippen LogP contribution in [0.25, 0.3) is 0 Å². The van der Waals surface area contributed by atoms with Gasteiger partial charge in [-0.3, -0.25) is 0 Å². The van der Waals surface area contributed by atoms with Crippen molar-refractivity contribution in [2.45, 2.75) is 96.1 Å². The highest BCUT2D eigenvalue weighted by Crippen LogP contribution is 2.12. The van der Waals surface area contributed by atoms with Crippen LogP contribution in [0.1, 0.15) is 84.0 Å². The van der Waals surface area contributed by atoms with Gasteiger partial charge >= 0.3 is 0 Å². The topological polar surface area (TPSA) is 113 Å². The summed E-state index contributed by atoms with van der Waals surface area (Å²) >= 11 is 0. The van der Waals surface area contributed by atoms with E-state index < -0.39 is 12.1 Å².